The maximum absolute atomic E-state index is 12.2. The van der Waals surface area contributed by atoms with E-state index in [-0.39, 0.29) is 22.8 Å². The molecular formula is C13H18N2O3. The molecule has 0 saturated heterocycles. The summed E-state index contributed by atoms with van der Waals surface area (Å²) in [5.74, 6) is -0.317. The molecule has 5 heteroatoms. The van der Waals surface area contributed by atoms with Gasteiger partial charge in [-0.2, -0.15) is 0 Å². The number of hydrogen-bond acceptors (Lipinski definition) is 3. The monoisotopic (exact) mass is 250 g/mol. The smallest absolute Gasteiger partial charge is 0.313 e. The molecule has 1 heterocycles. The molecule has 98 valence electrons. The summed E-state index contributed by atoms with van der Waals surface area (Å²) in [6.45, 7) is 5.58. The van der Waals surface area contributed by atoms with E-state index in [1.54, 1.807) is 0 Å². The Balaban J connectivity index is 2.52. The molecule has 0 bridgehead atoms. The first kappa shape index (κ1) is 12.8. The largest absolute Gasteiger partial charge is 0.328 e. The van der Waals surface area contributed by atoms with Gasteiger partial charge in [-0.15, -0.1) is 0 Å². The van der Waals surface area contributed by atoms with Crippen LogP contribution in [-0.4, -0.2) is 15.3 Å². The maximum Gasteiger partial charge on any atom is 0.328 e. The third-order valence-corrected chi connectivity index (χ3v) is 3.69. The van der Waals surface area contributed by atoms with Gasteiger partial charge in [0.05, 0.1) is 5.56 Å². The molecule has 1 unspecified atom stereocenters. The van der Waals surface area contributed by atoms with Crippen molar-refractivity contribution >= 4 is 5.78 Å². The average Bonchev–Trinajstić information content (AvgIpc) is 2.58. The van der Waals surface area contributed by atoms with Crippen molar-refractivity contribution in [3.05, 3.63) is 32.6 Å². The van der Waals surface area contributed by atoms with Gasteiger partial charge in [-0.25, -0.2) is 4.79 Å². The van der Waals surface area contributed by atoms with Crippen molar-refractivity contribution in [1.29, 1.82) is 0 Å². The van der Waals surface area contributed by atoms with Crippen LogP contribution in [0.25, 0.3) is 0 Å². The number of hydrogen-bond donors (Lipinski definition) is 1. The standard InChI is InChI=1S/C13H18N2O3/c1-8(16)10-7-14-12(18)15(11(10)17)9-4-5-13(2,3)6-9/h7,9H,4-6H2,1-3H3,(H,14,18). The third kappa shape index (κ3) is 2.17. The molecule has 1 aromatic heterocycles. The molecular weight excluding hydrogens is 232 g/mol. The number of nitrogens with zero attached hydrogens (tertiary/aromatic N) is 1. The van der Waals surface area contributed by atoms with E-state index >= 15 is 0 Å². The number of carbonyl (C=O) groups is 1. The highest BCUT2D eigenvalue weighted by atomic mass is 16.2. The van der Waals surface area contributed by atoms with Crippen molar-refractivity contribution in [2.24, 2.45) is 5.41 Å². The lowest BCUT2D eigenvalue weighted by atomic mass is 9.92. The summed E-state index contributed by atoms with van der Waals surface area (Å²) in [4.78, 5) is 37.8. The minimum atomic E-state index is -0.464. The highest BCUT2D eigenvalue weighted by Crippen LogP contribution is 2.42. The zero-order valence-corrected chi connectivity index (χ0v) is 10.9. The van der Waals surface area contributed by atoms with Crippen molar-refractivity contribution in [3.63, 3.8) is 0 Å². The van der Waals surface area contributed by atoms with Crippen molar-refractivity contribution in [3.8, 4) is 0 Å². The third-order valence-electron chi connectivity index (χ3n) is 3.69. The molecule has 0 radical (unpaired) electrons. The van der Waals surface area contributed by atoms with Crippen LogP contribution in [0.1, 0.15) is 56.4 Å². The van der Waals surface area contributed by atoms with Crippen LogP contribution in [-0.2, 0) is 0 Å². The fraction of sp³-hybridized carbons (Fsp3) is 0.615. The van der Waals surface area contributed by atoms with E-state index in [2.05, 4.69) is 18.8 Å². The summed E-state index contributed by atoms with van der Waals surface area (Å²) >= 11 is 0. The summed E-state index contributed by atoms with van der Waals surface area (Å²) in [5.41, 5.74) is -0.691. The number of carbonyl (C=O) groups excluding carboxylic acids is 1. The molecule has 1 fully saturated rings. The summed E-state index contributed by atoms with van der Waals surface area (Å²) in [7, 11) is 0. The predicted octanol–water partition coefficient (Wildman–Crippen LogP) is 1.49. The summed E-state index contributed by atoms with van der Waals surface area (Å²) < 4.78 is 1.21. The van der Waals surface area contributed by atoms with Gasteiger partial charge in [-0.3, -0.25) is 14.2 Å². The van der Waals surface area contributed by atoms with Gasteiger partial charge in [0.15, 0.2) is 5.78 Å². The summed E-state index contributed by atoms with van der Waals surface area (Å²) in [6.07, 6.45) is 3.78. The predicted molar refractivity (Wildman–Crippen MR) is 68.0 cm³/mol. The Hall–Kier alpha value is -1.65. The normalized spacial score (nSPS) is 22.1. The molecule has 2 rings (SSSR count). The van der Waals surface area contributed by atoms with Crippen LogP contribution in [0, 0.1) is 5.41 Å². The number of aromatic nitrogens is 2. The molecule has 1 aromatic rings. The zero-order chi connectivity index (χ0) is 13.5. The van der Waals surface area contributed by atoms with E-state index in [9.17, 15) is 14.4 Å². The van der Waals surface area contributed by atoms with Gasteiger partial charge in [0, 0.05) is 12.2 Å². The number of ketones is 1. The van der Waals surface area contributed by atoms with E-state index < -0.39 is 11.2 Å². The minimum absolute atomic E-state index is 0.0549. The van der Waals surface area contributed by atoms with Crippen molar-refractivity contribution in [1.82, 2.24) is 9.55 Å². The molecule has 0 amide bonds. The number of nitrogens with one attached hydrogen (secondary N) is 1. The second-order valence-corrected chi connectivity index (χ2v) is 5.80. The van der Waals surface area contributed by atoms with E-state index in [4.69, 9.17) is 0 Å². The van der Waals surface area contributed by atoms with Crippen LogP contribution >= 0.6 is 0 Å². The van der Waals surface area contributed by atoms with Crippen LogP contribution in [0.5, 0.6) is 0 Å². The van der Waals surface area contributed by atoms with Crippen molar-refractivity contribution in [2.75, 3.05) is 0 Å². The van der Waals surface area contributed by atoms with Gasteiger partial charge in [0.2, 0.25) is 0 Å². The first-order valence-corrected chi connectivity index (χ1v) is 6.17. The fourth-order valence-electron chi connectivity index (χ4n) is 2.69. The van der Waals surface area contributed by atoms with E-state index in [0.29, 0.717) is 0 Å². The highest BCUT2D eigenvalue weighted by molar-refractivity contribution is 5.93. The molecule has 0 spiro atoms. The van der Waals surface area contributed by atoms with Crippen LogP contribution in [0.15, 0.2) is 15.8 Å². The van der Waals surface area contributed by atoms with E-state index in [1.807, 2.05) is 0 Å². The molecule has 0 aromatic carbocycles. The number of Topliss-reactive ketones (excluding diaryl/α,β-unsaturated/α-hetero) is 1. The second kappa shape index (κ2) is 4.23. The quantitative estimate of drug-likeness (QED) is 0.808. The molecule has 0 aliphatic heterocycles. The van der Waals surface area contributed by atoms with Gasteiger partial charge in [-0.1, -0.05) is 13.8 Å². The van der Waals surface area contributed by atoms with Gasteiger partial charge in [-0.05, 0) is 31.6 Å². The van der Waals surface area contributed by atoms with Crippen molar-refractivity contribution in [2.45, 2.75) is 46.1 Å². The van der Waals surface area contributed by atoms with Gasteiger partial charge in [0.1, 0.15) is 0 Å². The van der Waals surface area contributed by atoms with E-state index in [1.165, 1.54) is 17.7 Å². The zero-order valence-electron chi connectivity index (χ0n) is 10.9. The molecule has 1 N–H and O–H groups in total. The lowest BCUT2D eigenvalue weighted by Gasteiger charge is -2.18. The molecule has 1 aliphatic carbocycles. The lowest BCUT2D eigenvalue weighted by molar-refractivity contribution is 0.101. The molecule has 5 nitrogen and oxygen atoms in total. The second-order valence-electron chi connectivity index (χ2n) is 5.80. The lowest BCUT2D eigenvalue weighted by Crippen LogP contribution is -2.39. The van der Waals surface area contributed by atoms with Crippen LogP contribution < -0.4 is 11.2 Å². The molecule has 1 atom stereocenters. The Bertz CT molecular complexity index is 595. The van der Waals surface area contributed by atoms with Gasteiger partial charge in [0.25, 0.3) is 5.56 Å². The molecule has 18 heavy (non-hydrogen) atoms. The highest BCUT2D eigenvalue weighted by Gasteiger charge is 2.33. The van der Waals surface area contributed by atoms with Crippen LogP contribution in [0.3, 0.4) is 0 Å². The topological polar surface area (TPSA) is 71.9 Å². The molecule has 1 saturated carbocycles. The minimum Gasteiger partial charge on any atom is -0.313 e. The van der Waals surface area contributed by atoms with E-state index in [0.717, 1.165) is 19.3 Å². The van der Waals surface area contributed by atoms with Crippen LogP contribution in [0.2, 0.25) is 0 Å². The fourth-order valence-corrected chi connectivity index (χ4v) is 2.69. The van der Waals surface area contributed by atoms with Crippen molar-refractivity contribution < 1.29 is 4.79 Å². The van der Waals surface area contributed by atoms with Crippen LogP contribution in [0.4, 0.5) is 0 Å². The van der Waals surface area contributed by atoms with Gasteiger partial charge >= 0.3 is 5.69 Å². The average molecular weight is 250 g/mol. The maximum atomic E-state index is 12.2. The van der Waals surface area contributed by atoms with Gasteiger partial charge < -0.3 is 4.98 Å². The molecule has 1 aliphatic rings. The number of H-pyrrole nitrogens is 1. The number of aromatic amines is 1. The Labute approximate surface area is 105 Å². The SMILES string of the molecule is CC(=O)c1c[nH]c(=O)n(C2CCC(C)(C)C2)c1=O. The first-order valence-electron chi connectivity index (χ1n) is 6.17. The summed E-state index contributed by atoms with van der Waals surface area (Å²) in [5, 5.41) is 0. The Kier molecular flexibility index (Phi) is 3.00. The first-order chi connectivity index (χ1) is 8.32. The number of rotatable bonds is 2. The Morgan fingerprint density at radius 1 is 1.44 bits per heavy atom. The summed E-state index contributed by atoms with van der Waals surface area (Å²) in [6, 6.07) is -0.101. The Morgan fingerprint density at radius 3 is 2.61 bits per heavy atom. The Morgan fingerprint density at radius 2 is 2.11 bits per heavy atom.